The van der Waals surface area contributed by atoms with Crippen LogP contribution in [0.4, 0.5) is 4.39 Å². The zero-order chi connectivity index (χ0) is 10.4. The third kappa shape index (κ3) is 3.11. The van der Waals surface area contributed by atoms with Crippen LogP contribution in [0.1, 0.15) is 24.9 Å². The summed E-state index contributed by atoms with van der Waals surface area (Å²) in [6, 6.07) is 3.50. The van der Waals surface area contributed by atoms with E-state index in [1.807, 2.05) is 13.0 Å². The third-order valence-corrected chi connectivity index (χ3v) is 1.91. The minimum atomic E-state index is -0.337. The molecule has 1 atom stereocenters. The van der Waals surface area contributed by atoms with Gasteiger partial charge in [-0.3, -0.25) is 4.98 Å². The number of nitrogens with zero attached hydrogens (tertiary/aromatic N) is 2. The monoisotopic (exact) mass is 193 g/mol. The topological polar surface area (TPSA) is 48.7 Å². The highest BCUT2D eigenvalue weighted by atomic mass is 19.1. The van der Waals surface area contributed by atoms with Crippen molar-refractivity contribution in [1.29, 1.82) is 5.26 Å². The molecule has 1 N–H and O–H groups in total. The fraction of sp³-hybridized carbons (Fsp3) is 0.400. The van der Waals surface area contributed by atoms with Crippen molar-refractivity contribution in [3.63, 3.8) is 0 Å². The summed E-state index contributed by atoms with van der Waals surface area (Å²) in [4.78, 5) is 3.75. The van der Waals surface area contributed by atoms with Gasteiger partial charge in [-0.1, -0.05) is 0 Å². The third-order valence-electron chi connectivity index (χ3n) is 1.91. The summed E-state index contributed by atoms with van der Waals surface area (Å²) < 4.78 is 12.8. The molecule has 1 aromatic heterocycles. The van der Waals surface area contributed by atoms with E-state index in [-0.39, 0.29) is 11.9 Å². The maximum Gasteiger partial charge on any atom is 0.141 e. The molecule has 0 fully saturated rings. The Morgan fingerprint density at radius 2 is 2.43 bits per heavy atom. The lowest BCUT2D eigenvalue weighted by Gasteiger charge is -2.12. The molecule has 1 unspecified atom stereocenters. The predicted molar refractivity (Wildman–Crippen MR) is 50.8 cm³/mol. The second-order valence-electron chi connectivity index (χ2n) is 3.02. The van der Waals surface area contributed by atoms with Gasteiger partial charge >= 0.3 is 0 Å². The molecule has 0 radical (unpaired) electrons. The van der Waals surface area contributed by atoms with Crippen molar-refractivity contribution in [3.8, 4) is 6.07 Å². The van der Waals surface area contributed by atoms with Gasteiger partial charge in [0.05, 0.1) is 12.3 Å². The van der Waals surface area contributed by atoms with E-state index in [9.17, 15) is 4.39 Å². The second kappa shape index (κ2) is 5.30. The van der Waals surface area contributed by atoms with Gasteiger partial charge in [-0.2, -0.15) is 5.26 Å². The Morgan fingerprint density at radius 3 is 3.07 bits per heavy atom. The summed E-state index contributed by atoms with van der Waals surface area (Å²) in [7, 11) is 0. The van der Waals surface area contributed by atoms with Gasteiger partial charge in [0.25, 0.3) is 0 Å². The minimum Gasteiger partial charge on any atom is -0.309 e. The molecule has 1 rings (SSSR count). The quantitative estimate of drug-likeness (QED) is 0.741. The fourth-order valence-corrected chi connectivity index (χ4v) is 1.13. The Kier molecular flexibility index (Phi) is 4.02. The van der Waals surface area contributed by atoms with Crippen LogP contribution >= 0.6 is 0 Å². The van der Waals surface area contributed by atoms with E-state index in [4.69, 9.17) is 5.26 Å². The van der Waals surface area contributed by atoms with Gasteiger partial charge in [0.15, 0.2) is 0 Å². The van der Waals surface area contributed by atoms with E-state index >= 15 is 0 Å². The van der Waals surface area contributed by atoms with Crippen molar-refractivity contribution in [2.75, 3.05) is 6.54 Å². The highest BCUT2D eigenvalue weighted by Crippen LogP contribution is 2.11. The van der Waals surface area contributed by atoms with Gasteiger partial charge in [0.1, 0.15) is 5.82 Å². The van der Waals surface area contributed by atoms with Crippen LogP contribution in [-0.2, 0) is 0 Å². The zero-order valence-corrected chi connectivity index (χ0v) is 8.00. The number of nitriles is 1. The molecule has 0 aliphatic carbocycles. The predicted octanol–water partition coefficient (Wildman–Crippen LogP) is 1.78. The van der Waals surface area contributed by atoms with E-state index in [1.165, 1.54) is 12.3 Å². The van der Waals surface area contributed by atoms with Crippen LogP contribution in [-0.4, -0.2) is 11.5 Å². The Labute approximate surface area is 82.6 Å². The van der Waals surface area contributed by atoms with Crippen molar-refractivity contribution in [2.45, 2.75) is 19.4 Å². The summed E-state index contributed by atoms with van der Waals surface area (Å²) in [5.41, 5.74) is 0.794. The van der Waals surface area contributed by atoms with Gasteiger partial charge in [-0.15, -0.1) is 0 Å². The number of halogens is 1. The van der Waals surface area contributed by atoms with Crippen LogP contribution in [0.5, 0.6) is 0 Å². The largest absolute Gasteiger partial charge is 0.309 e. The maximum absolute atomic E-state index is 12.8. The number of hydrogen-bond acceptors (Lipinski definition) is 3. The first-order valence-electron chi connectivity index (χ1n) is 4.45. The van der Waals surface area contributed by atoms with Crippen molar-refractivity contribution in [3.05, 3.63) is 29.8 Å². The van der Waals surface area contributed by atoms with Gasteiger partial charge < -0.3 is 5.32 Å². The molecule has 0 aliphatic rings. The Balaban J connectivity index is 2.52. The average Bonchev–Trinajstić information content (AvgIpc) is 2.18. The van der Waals surface area contributed by atoms with Gasteiger partial charge in [0, 0.05) is 25.2 Å². The first-order valence-corrected chi connectivity index (χ1v) is 4.45. The lowest BCUT2D eigenvalue weighted by atomic mass is 10.1. The number of pyridine rings is 1. The number of aromatic nitrogens is 1. The Morgan fingerprint density at radius 1 is 1.64 bits per heavy atom. The van der Waals surface area contributed by atoms with Crippen molar-refractivity contribution in [2.24, 2.45) is 0 Å². The Bertz CT molecular complexity index is 332. The highest BCUT2D eigenvalue weighted by molar-refractivity contribution is 5.14. The van der Waals surface area contributed by atoms with Crippen LogP contribution in [0.3, 0.4) is 0 Å². The first kappa shape index (κ1) is 10.6. The summed E-state index contributed by atoms with van der Waals surface area (Å²) >= 11 is 0. The van der Waals surface area contributed by atoms with Crippen molar-refractivity contribution < 1.29 is 4.39 Å². The molecule has 1 heterocycles. The summed E-state index contributed by atoms with van der Waals surface area (Å²) in [6.07, 6.45) is 3.24. The lowest BCUT2D eigenvalue weighted by Crippen LogP contribution is -2.19. The molecule has 0 bridgehead atoms. The highest BCUT2D eigenvalue weighted by Gasteiger charge is 2.05. The summed E-state index contributed by atoms with van der Waals surface area (Å²) in [5, 5.41) is 11.4. The fourth-order valence-electron chi connectivity index (χ4n) is 1.13. The average molecular weight is 193 g/mol. The number of nitrogens with one attached hydrogen (secondary N) is 1. The molecule has 0 amide bonds. The van der Waals surface area contributed by atoms with Crippen molar-refractivity contribution >= 4 is 0 Å². The second-order valence-corrected chi connectivity index (χ2v) is 3.02. The molecule has 1 aromatic rings. The summed E-state index contributed by atoms with van der Waals surface area (Å²) in [6.45, 7) is 2.52. The first-order chi connectivity index (χ1) is 6.74. The number of rotatable bonds is 4. The van der Waals surface area contributed by atoms with Gasteiger partial charge in [-0.05, 0) is 18.6 Å². The standard InChI is InChI=1S/C10H12FN3/c1-8(14-4-2-3-12)9-5-10(11)7-13-6-9/h5-8,14H,2,4H2,1H3. The van der Waals surface area contributed by atoms with E-state index < -0.39 is 0 Å². The van der Waals surface area contributed by atoms with Crippen LogP contribution in [0.25, 0.3) is 0 Å². The van der Waals surface area contributed by atoms with E-state index in [2.05, 4.69) is 10.3 Å². The molecule has 4 heteroatoms. The van der Waals surface area contributed by atoms with E-state index in [1.54, 1.807) is 6.20 Å². The molecule has 0 saturated heterocycles. The molecular weight excluding hydrogens is 181 g/mol. The Hall–Kier alpha value is -1.47. The smallest absolute Gasteiger partial charge is 0.141 e. The van der Waals surface area contributed by atoms with Crippen LogP contribution in [0, 0.1) is 17.1 Å². The van der Waals surface area contributed by atoms with E-state index in [0.717, 1.165) is 5.56 Å². The summed E-state index contributed by atoms with van der Waals surface area (Å²) in [5.74, 6) is -0.337. The zero-order valence-electron chi connectivity index (χ0n) is 8.00. The molecule has 0 aromatic carbocycles. The minimum absolute atomic E-state index is 0.0200. The molecule has 0 aliphatic heterocycles. The molecule has 74 valence electrons. The van der Waals surface area contributed by atoms with Gasteiger partial charge in [0.2, 0.25) is 0 Å². The lowest BCUT2D eigenvalue weighted by molar-refractivity contribution is 0.567. The van der Waals surface area contributed by atoms with Crippen LogP contribution in [0.2, 0.25) is 0 Å². The van der Waals surface area contributed by atoms with Crippen LogP contribution < -0.4 is 5.32 Å². The molecular formula is C10H12FN3. The molecule has 3 nitrogen and oxygen atoms in total. The number of hydrogen-bond donors (Lipinski definition) is 1. The van der Waals surface area contributed by atoms with Gasteiger partial charge in [-0.25, -0.2) is 4.39 Å². The van der Waals surface area contributed by atoms with Crippen molar-refractivity contribution in [1.82, 2.24) is 10.3 Å². The molecule has 0 saturated carbocycles. The normalized spacial score (nSPS) is 12.1. The van der Waals surface area contributed by atoms with E-state index in [0.29, 0.717) is 13.0 Å². The maximum atomic E-state index is 12.8. The SMILES string of the molecule is CC(NCCC#N)c1cncc(F)c1. The molecule has 14 heavy (non-hydrogen) atoms. The molecule has 0 spiro atoms. The van der Waals surface area contributed by atoms with Crippen LogP contribution in [0.15, 0.2) is 18.5 Å².